The van der Waals surface area contributed by atoms with Crippen LogP contribution in [0.4, 0.5) is 5.95 Å². The van der Waals surface area contributed by atoms with Gasteiger partial charge in [0.2, 0.25) is 5.95 Å². The average molecular weight is 286 g/mol. The number of carbonyl (C=O) groups excluding carboxylic acids is 1. The number of benzene rings is 1. The van der Waals surface area contributed by atoms with Crippen molar-refractivity contribution >= 4 is 11.9 Å². The van der Waals surface area contributed by atoms with Crippen molar-refractivity contribution in [1.29, 1.82) is 0 Å². The summed E-state index contributed by atoms with van der Waals surface area (Å²) in [5.41, 5.74) is 5.61. The van der Waals surface area contributed by atoms with E-state index in [9.17, 15) is 4.79 Å². The number of anilines is 1. The first-order valence-electron chi connectivity index (χ1n) is 6.67. The van der Waals surface area contributed by atoms with Crippen LogP contribution in [0.5, 0.6) is 0 Å². The number of aryl methyl sites for hydroxylation is 2. The molecule has 2 aromatic rings. The van der Waals surface area contributed by atoms with Crippen LogP contribution in [0.3, 0.4) is 0 Å². The van der Waals surface area contributed by atoms with Crippen LogP contribution in [-0.2, 0) is 6.42 Å². The number of nitrogens with zero attached hydrogens (tertiary/aromatic N) is 2. The minimum Gasteiger partial charge on any atom is -0.354 e. The third-order valence-electron chi connectivity index (χ3n) is 3.32. The van der Waals surface area contributed by atoms with Gasteiger partial charge in [-0.25, -0.2) is 15.4 Å². The average Bonchev–Trinajstić information content (AvgIpc) is 2.50. The fourth-order valence-electron chi connectivity index (χ4n) is 2.14. The lowest BCUT2D eigenvalue weighted by Gasteiger charge is -2.10. The smallest absolute Gasteiger partial charge is 0.277 e. The zero-order valence-corrected chi connectivity index (χ0v) is 12.1. The van der Waals surface area contributed by atoms with Gasteiger partial charge in [-0.15, -0.1) is 0 Å². The van der Waals surface area contributed by atoms with E-state index in [0.29, 0.717) is 12.5 Å². The number of hydrogen-bond acceptors (Lipinski definition) is 5. The van der Waals surface area contributed by atoms with Crippen LogP contribution in [0.15, 0.2) is 30.6 Å². The van der Waals surface area contributed by atoms with E-state index >= 15 is 0 Å². The van der Waals surface area contributed by atoms with Crippen LogP contribution >= 0.6 is 0 Å². The summed E-state index contributed by atoms with van der Waals surface area (Å²) in [6, 6.07) is 6.25. The Morgan fingerprint density at radius 3 is 2.38 bits per heavy atom. The predicted octanol–water partition coefficient (Wildman–Crippen LogP) is 1.87. The third-order valence-corrected chi connectivity index (χ3v) is 3.32. The predicted molar refractivity (Wildman–Crippen MR) is 79.4 cm³/mol. The van der Waals surface area contributed by atoms with E-state index in [4.69, 9.17) is 5.21 Å². The Bertz CT molecular complexity index is 606. The zero-order valence-electron chi connectivity index (χ0n) is 12.1. The standard InChI is InChI=1S/C15H18N4O2/c1-10-4-3-5-11(2)13(10)6-7-16-15-17-8-12(9-18-15)14(20)19-21/h3-5,8-9,21H,6-7H2,1-2H3,(H,19,20)(H,16,17,18). The Hall–Kier alpha value is -2.47. The molecule has 0 aliphatic rings. The summed E-state index contributed by atoms with van der Waals surface area (Å²) in [4.78, 5) is 19.2. The first kappa shape index (κ1) is 14.9. The van der Waals surface area contributed by atoms with E-state index < -0.39 is 5.91 Å². The SMILES string of the molecule is Cc1cccc(C)c1CCNc1ncc(C(=O)NO)cn1. The third kappa shape index (κ3) is 3.76. The topological polar surface area (TPSA) is 87.1 Å². The summed E-state index contributed by atoms with van der Waals surface area (Å²) < 4.78 is 0. The van der Waals surface area contributed by atoms with Gasteiger partial charge in [0.25, 0.3) is 5.91 Å². The summed E-state index contributed by atoms with van der Waals surface area (Å²) >= 11 is 0. The van der Waals surface area contributed by atoms with Gasteiger partial charge in [-0.3, -0.25) is 10.0 Å². The normalized spacial score (nSPS) is 10.2. The van der Waals surface area contributed by atoms with Gasteiger partial charge >= 0.3 is 0 Å². The summed E-state index contributed by atoms with van der Waals surface area (Å²) in [6.45, 7) is 4.90. The summed E-state index contributed by atoms with van der Waals surface area (Å²) in [7, 11) is 0. The van der Waals surface area contributed by atoms with Crippen molar-refractivity contribution in [3.63, 3.8) is 0 Å². The maximum Gasteiger partial charge on any atom is 0.277 e. The van der Waals surface area contributed by atoms with Crippen LogP contribution in [0.1, 0.15) is 27.0 Å². The highest BCUT2D eigenvalue weighted by Crippen LogP contribution is 2.13. The van der Waals surface area contributed by atoms with E-state index in [-0.39, 0.29) is 5.56 Å². The molecule has 0 saturated heterocycles. The molecule has 0 spiro atoms. The molecule has 1 aromatic heterocycles. The molecular formula is C15H18N4O2. The Morgan fingerprint density at radius 1 is 1.19 bits per heavy atom. The van der Waals surface area contributed by atoms with Gasteiger partial charge in [-0.1, -0.05) is 18.2 Å². The van der Waals surface area contributed by atoms with Gasteiger partial charge in [-0.2, -0.15) is 0 Å². The highest BCUT2D eigenvalue weighted by Gasteiger charge is 2.06. The zero-order chi connectivity index (χ0) is 15.2. The van der Waals surface area contributed by atoms with E-state index in [1.54, 1.807) is 0 Å². The highest BCUT2D eigenvalue weighted by molar-refractivity contribution is 5.92. The van der Waals surface area contributed by atoms with E-state index in [0.717, 1.165) is 6.42 Å². The lowest BCUT2D eigenvalue weighted by atomic mass is 10.0. The molecule has 1 heterocycles. The molecule has 0 fully saturated rings. The van der Waals surface area contributed by atoms with Gasteiger partial charge in [0.05, 0.1) is 5.56 Å². The molecule has 0 saturated carbocycles. The van der Waals surface area contributed by atoms with Crippen molar-refractivity contribution in [1.82, 2.24) is 15.4 Å². The molecule has 0 unspecified atom stereocenters. The van der Waals surface area contributed by atoms with E-state index in [1.807, 2.05) is 0 Å². The molecule has 0 bridgehead atoms. The molecule has 6 heteroatoms. The van der Waals surface area contributed by atoms with Gasteiger partial charge in [0, 0.05) is 18.9 Å². The molecule has 0 radical (unpaired) electrons. The Balaban J connectivity index is 1.93. The first-order chi connectivity index (χ1) is 10.1. The van der Waals surface area contributed by atoms with E-state index in [1.165, 1.54) is 34.6 Å². The lowest BCUT2D eigenvalue weighted by Crippen LogP contribution is -2.19. The quantitative estimate of drug-likeness (QED) is 0.577. The van der Waals surface area contributed by atoms with Crippen LogP contribution < -0.4 is 10.8 Å². The highest BCUT2D eigenvalue weighted by atomic mass is 16.5. The fourth-order valence-corrected chi connectivity index (χ4v) is 2.14. The fraction of sp³-hybridized carbons (Fsp3) is 0.267. The molecule has 21 heavy (non-hydrogen) atoms. The van der Waals surface area contributed by atoms with Crippen LogP contribution in [0.25, 0.3) is 0 Å². The van der Waals surface area contributed by atoms with Gasteiger partial charge in [0.1, 0.15) is 0 Å². The van der Waals surface area contributed by atoms with Crippen LogP contribution in [0, 0.1) is 13.8 Å². The van der Waals surface area contributed by atoms with Crippen LogP contribution in [-0.4, -0.2) is 27.6 Å². The molecule has 6 nitrogen and oxygen atoms in total. The van der Waals surface area contributed by atoms with Crippen LogP contribution in [0.2, 0.25) is 0 Å². The molecule has 3 N–H and O–H groups in total. The molecule has 1 aromatic carbocycles. The minimum absolute atomic E-state index is 0.206. The van der Waals surface area contributed by atoms with Gasteiger partial charge in [0.15, 0.2) is 0 Å². The van der Waals surface area contributed by atoms with Crippen molar-refractivity contribution in [2.45, 2.75) is 20.3 Å². The molecule has 0 aliphatic heterocycles. The van der Waals surface area contributed by atoms with Crippen molar-refractivity contribution in [3.8, 4) is 0 Å². The second-order valence-corrected chi connectivity index (χ2v) is 4.78. The number of amides is 1. The monoisotopic (exact) mass is 286 g/mol. The summed E-state index contributed by atoms with van der Waals surface area (Å²) in [6.07, 6.45) is 3.60. The molecule has 0 atom stereocenters. The number of aromatic nitrogens is 2. The second kappa shape index (κ2) is 6.81. The maximum atomic E-state index is 11.1. The number of nitrogens with one attached hydrogen (secondary N) is 2. The van der Waals surface area contributed by atoms with Crippen molar-refractivity contribution in [2.24, 2.45) is 0 Å². The molecule has 2 rings (SSSR count). The molecule has 110 valence electrons. The minimum atomic E-state index is -0.628. The van der Waals surface area contributed by atoms with E-state index in [2.05, 4.69) is 47.3 Å². The number of hydroxylamine groups is 1. The summed E-state index contributed by atoms with van der Waals surface area (Å²) in [5.74, 6) is -0.173. The number of rotatable bonds is 5. The number of hydrogen-bond donors (Lipinski definition) is 3. The molecule has 0 aliphatic carbocycles. The van der Waals surface area contributed by atoms with Crippen molar-refractivity contribution in [3.05, 3.63) is 52.8 Å². The van der Waals surface area contributed by atoms with Crippen molar-refractivity contribution in [2.75, 3.05) is 11.9 Å². The second-order valence-electron chi connectivity index (χ2n) is 4.78. The van der Waals surface area contributed by atoms with Crippen molar-refractivity contribution < 1.29 is 10.0 Å². The van der Waals surface area contributed by atoms with Gasteiger partial charge in [-0.05, 0) is 37.0 Å². The Labute approximate surface area is 123 Å². The summed E-state index contributed by atoms with van der Waals surface area (Å²) in [5, 5.41) is 11.6. The maximum absolute atomic E-state index is 11.1. The number of carbonyl (C=O) groups is 1. The lowest BCUT2D eigenvalue weighted by molar-refractivity contribution is 0.0705. The molecule has 1 amide bonds. The molecular weight excluding hydrogens is 268 g/mol. The van der Waals surface area contributed by atoms with Gasteiger partial charge < -0.3 is 5.32 Å². The largest absolute Gasteiger partial charge is 0.354 e. The Kier molecular flexibility index (Phi) is 4.84. The Morgan fingerprint density at radius 2 is 1.81 bits per heavy atom. The first-order valence-corrected chi connectivity index (χ1v) is 6.67.